The van der Waals surface area contributed by atoms with Gasteiger partial charge < -0.3 is 0 Å². The molecular formula is C10H15N. The lowest BCUT2D eigenvalue weighted by atomic mass is 9.86. The van der Waals surface area contributed by atoms with Gasteiger partial charge in [0.05, 0.1) is 11.5 Å². The zero-order valence-electron chi connectivity index (χ0n) is 7.35. The fourth-order valence-electron chi connectivity index (χ4n) is 1.85. The molecule has 1 rings (SSSR count). The van der Waals surface area contributed by atoms with Crippen LogP contribution in [0.5, 0.6) is 0 Å². The normalized spacial score (nSPS) is 20.8. The van der Waals surface area contributed by atoms with Gasteiger partial charge in [-0.05, 0) is 26.7 Å². The van der Waals surface area contributed by atoms with Crippen LogP contribution in [-0.4, -0.2) is 0 Å². The van der Waals surface area contributed by atoms with E-state index in [1.165, 1.54) is 18.4 Å². The molecule has 0 aromatic carbocycles. The van der Waals surface area contributed by atoms with Crippen molar-refractivity contribution in [1.29, 1.82) is 5.26 Å². The number of nitrogens with zero attached hydrogens (tertiary/aromatic N) is 1. The summed E-state index contributed by atoms with van der Waals surface area (Å²) in [6.45, 7) is 4.13. The SMILES string of the molecule is CC(C)=CC1(C#N)CCCC1. The van der Waals surface area contributed by atoms with Gasteiger partial charge in [0.1, 0.15) is 0 Å². The van der Waals surface area contributed by atoms with Crippen molar-refractivity contribution in [2.75, 3.05) is 0 Å². The van der Waals surface area contributed by atoms with Crippen LogP contribution in [0.25, 0.3) is 0 Å². The number of allylic oxidation sites excluding steroid dienone is 2. The van der Waals surface area contributed by atoms with Gasteiger partial charge in [0.25, 0.3) is 0 Å². The lowest BCUT2D eigenvalue weighted by Crippen LogP contribution is -2.09. The number of nitriles is 1. The van der Waals surface area contributed by atoms with E-state index < -0.39 is 0 Å². The van der Waals surface area contributed by atoms with Crippen LogP contribution < -0.4 is 0 Å². The summed E-state index contributed by atoms with van der Waals surface area (Å²) in [6, 6.07) is 2.43. The summed E-state index contributed by atoms with van der Waals surface area (Å²) in [6.07, 6.45) is 6.71. The van der Waals surface area contributed by atoms with Crippen molar-refractivity contribution in [1.82, 2.24) is 0 Å². The largest absolute Gasteiger partial charge is 0.197 e. The summed E-state index contributed by atoms with van der Waals surface area (Å²) < 4.78 is 0. The minimum absolute atomic E-state index is 0.0984. The van der Waals surface area contributed by atoms with Gasteiger partial charge in [-0.15, -0.1) is 0 Å². The average molecular weight is 149 g/mol. The maximum Gasteiger partial charge on any atom is 0.0755 e. The molecule has 0 saturated heterocycles. The standard InChI is InChI=1S/C10H15N/c1-9(2)7-10(8-11)5-3-4-6-10/h7H,3-6H2,1-2H3. The molecule has 0 bridgehead atoms. The minimum atomic E-state index is -0.0984. The summed E-state index contributed by atoms with van der Waals surface area (Å²) >= 11 is 0. The quantitative estimate of drug-likeness (QED) is 0.526. The number of rotatable bonds is 1. The number of hydrogen-bond acceptors (Lipinski definition) is 1. The molecule has 11 heavy (non-hydrogen) atoms. The lowest BCUT2D eigenvalue weighted by Gasteiger charge is -2.14. The Balaban J connectivity index is 2.78. The van der Waals surface area contributed by atoms with Crippen molar-refractivity contribution in [2.45, 2.75) is 39.5 Å². The van der Waals surface area contributed by atoms with Crippen molar-refractivity contribution in [3.05, 3.63) is 11.6 Å². The van der Waals surface area contributed by atoms with Crippen LogP contribution in [0.15, 0.2) is 11.6 Å². The van der Waals surface area contributed by atoms with Gasteiger partial charge in [0, 0.05) is 0 Å². The van der Waals surface area contributed by atoms with E-state index >= 15 is 0 Å². The predicted molar refractivity (Wildman–Crippen MR) is 45.9 cm³/mol. The van der Waals surface area contributed by atoms with Gasteiger partial charge in [-0.1, -0.05) is 24.5 Å². The Morgan fingerprint density at radius 1 is 1.36 bits per heavy atom. The van der Waals surface area contributed by atoms with E-state index in [0.717, 1.165) is 12.8 Å². The van der Waals surface area contributed by atoms with E-state index in [2.05, 4.69) is 26.0 Å². The van der Waals surface area contributed by atoms with Crippen molar-refractivity contribution in [3.8, 4) is 6.07 Å². The summed E-state index contributed by atoms with van der Waals surface area (Å²) in [5.74, 6) is 0. The molecule has 1 saturated carbocycles. The zero-order chi connectivity index (χ0) is 8.32. The third-order valence-electron chi connectivity index (χ3n) is 2.28. The van der Waals surface area contributed by atoms with Crippen LogP contribution in [0, 0.1) is 16.7 Å². The number of hydrogen-bond donors (Lipinski definition) is 0. The second kappa shape index (κ2) is 3.09. The predicted octanol–water partition coefficient (Wildman–Crippen LogP) is 3.04. The molecule has 0 atom stereocenters. The van der Waals surface area contributed by atoms with Crippen molar-refractivity contribution in [2.24, 2.45) is 5.41 Å². The van der Waals surface area contributed by atoms with Gasteiger partial charge >= 0.3 is 0 Å². The fourth-order valence-corrected chi connectivity index (χ4v) is 1.85. The molecule has 0 amide bonds. The molecule has 0 unspecified atom stereocenters. The molecule has 1 aliphatic rings. The molecule has 1 aliphatic carbocycles. The van der Waals surface area contributed by atoms with Crippen LogP contribution in [0.1, 0.15) is 39.5 Å². The van der Waals surface area contributed by atoms with Crippen LogP contribution in [-0.2, 0) is 0 Å². The monoisotopic (exact) mass is 149 g/mol. The summed E-state index contributed by atoms with van der Waals surface area (Å²) in [5.41, 5.74) is 1.17. The van der Waals surface area contributed by atoms with E-state index in [4.69, 9.17) is 5.26 Å². The Hall–Kier alpha value is -0.770. The van der Waals surface area contributed by atoms with Gasteiger partial charge in [-0.2, -0.15) is 5.26 Å². The first kappa shape index (κ1) is 8.33. The van der Waals surface area contributed by atoms with Gasteiger partial charge in [-0.25, -0.2) is 0 Å². The maximum atomic E-state index is 8.97. The molecule has 0 spiro atoms. The summed E-state index contributed by atoms with van der Waals surface area (Å²) in [4.78, 5) is 0. The average Bonchev–Trinajstić information content (AvgIpc) is 2.36. The van der Waals surface area contributed by atoms with E-state index in [0.29, 0.717) is 0 Å². The Morgan fingerprint density at radius 2 is 1.91 bits per heavy atom. The van der Waals surface area contributed by atoms with Crippen molar-refractivity contribution in [3.63, 3.8) is 0 Å². The molecule has 1 heteroatoms. The molecule has 60 valence electrons. The highest BCUT2D eigenvalue weighted by Gasteiger charge is 2.30. The molecule has 0 aromatic rings. The van der Waals surface area contributed by atoms with E-state index in [1.54, 1.807) is 0 Å². The molecule has 0 radical (unpaired) electrons. The van der Waals surface area contributed by atoms with Gasteiger partial charge in [0.15, 0.2) is 0 Å². The first-order valence-electron chi connectivity index (χ1n) is 4.26. The van der Waals surface area contributed by atoms with Crippen LogP contribution >= 0.6 is 0 Å². The minimum Gasteiger partial charge on any atom is -0.197 e. The van der Waals surface area contributed by atoms with Crippen LogP contribution in [0.2, 0.25) is 0 Å². The summed E-state index contributed by atoms with van der Waals surface area (Å²) in [5, 5.41) is 8.97. The second-order valence-electron chi connectivity index (χ2n) is 3.70. The maximum absolute atomic E-state index is 8.97. The smallest absolute Gasteiger partial charge is 0.0755 e. The fraction of sp³-hybridized carbons (Fsp3) is 0.700. The van der Waals surface area contributed by atoms with Crippen LogP contribution in [0.4, 0.5) is 0 Å². The Labute approximate surface area is 68.7 Å². The molecule has 0 heterocycles. The molecule has 1 nitrogen and oxygen atoms in total. The second-order valence-corrected chi connectivity index (χ2v) is 3.70. The van der Waals surface area contributed by atoms with E-state index in [1.807, 2.05) is 0 Å². The van der Waals surface area contributed by atoms with E-state index in [-0.39, 0.29) is 5.41 Å². The van der Waals surface area contributed by atoms with Gasteiger partial charge in [-0.3, -0.25) is 0 Å². The van der Waals surface area contributed by atoms with Gasteiger partial charge in [0.2, 0.25) is 0 Å². The third-order valence-corrected chi connectivity index (χ3v) is 2.28. The molecule has 0 aromatic heterocycles. The molecular weight excluding hydrogens is 134 g/mol. The Morgan fingerprint density at radius 3 is 2.27 bits per heavy atom. The van der Waals surface area contributed by atoms with Crippen molar-refractivity contribution >= 4 is 0 Å². The zero-order valence-corrected chi connectivity index (χ0v) is 7.35. The molecule has 1 fully saturated rings. The first-order chi connectivity index (χ1) is 5.18. The Bertz CT molecular complexity index is 197. The summed E-state index contributed by atoms with van der Waals surface area (Å²) in [7, 11) is 0. The lowest BCUT2D eigenvalue weighted by molar-refractivity contribution is 0.526. The highest BCUT2D eigenvalue weighted by Crippen LogP contribution is 2.39. The molecule has 0 N–H and O–H groups in total. The highest BCUT2D eigenvalue weighted by atomic mass is 14.4. The topological polar surface area (TPSA) is 23.8 Å². The van der Waals surface area contributed by atoms with Crippen LogP contribution in [0.3, 0.4) is 0 Å². The third kappa shape index (κ3) is 1.83. The molecule has 0 aliphatic heterocycles. The Kier molecular flexibility index (Phi) is 2.34. The first-order valence-corrected chi connectivity index (χ1v) is 4.26. The highest BCUT2D eigenvalue weighted by molar-refractivity contribution is 5.17. The van der Waals surface area contributed by atoms with Crippen molar-refractivity contribution < 1.29 is 0 Å². The van der Waals surface area contributed by atoms with E-state index in [9.17, 15) is 0 Å².